The molecule has 0 unspecified atom stereocenters. The maximum Gasteiger partial charge on any atom is 4.00 e. The smallest absolute Gasteiger partial charge is 1.00 e. The van der Waals surface area contributed by atoms with Gasteiger partial charge in [0.2, 0.25) is 0 Å². The van der Waals surface area contributed by atoms with Gasteiger partial charge < -0.3 is 48.0 Å². The first-order chi connectivity index (χ1) is 9.02. The van der Waals surface area contributed by atoms with Gasteiger partial charge in [-0.1, -0.05) is 40.7 Å². The molecule has 3 heteroatoms. The van der Waals surface area contributed by atoms with Crippen molar-refractivity contribution in [2.45, 2.75) is 34.6 Å². The van der Waals surface area contributed by atoms with Crippen molar-refractivity contribution in [2.75, 3.05) is 0 Å². The zero-order valence-corrected chi connectivity index (χ0v) is 19.7. The van der Waals surface area contributed by atoms with Gasteiger partial charge in [0.25, 0.3) is 0 Å². The molecule has 0 radical (unpaired) electrons. The molecule has 0 bridgehead atoms. The predicted molar refractivity (Wildman–Crippen MR) is 85.3 cm³/mol. The summed E-state index contributed by atoms with van der Waals surface area (Å²) < 4.78 is 0. The van der Waals surface area contributed by atoms with Crippen LogP contribution in [0.4, 0.5) is 0 Å². The Morgan fingerprint density at radius 2 is 1.32 bits per heavy atom. The van der Waals surface area contributed by atoms with E-state index < -0.39 is 0 Å². The molecule has 0 aliphatic carbocycles. The van der Waals surface area contributed by atoms with Crippen LogP contribution in [0.25, 0.3) is 10.8 Å². The molecule has 0 nitrogen and oxygen atoms in total. The summed E-state index contributed by atoms with van der Waals surface area (Å²) in [6.07, 6.45) is 0. The Balaban J connectivity index is 0. The minimum absolute atomic E-state index is 0. The molecule has 3 aromatic rings. The summed E-state index contributed by atoms with van der Waals surface area (Å²) in [4.78, 5) is 0. The van der Waals surface area contributed by atoms with Crippen LogP contribution in [0.5, 0.6) is 0 Å². The van der Waals surface area contributed by atoms with Crippen LogP contribution < -0.4 is 48.0 Å². The van der Waals surface area contributed by atoms with Gasteiger partial charge in [0.1, 0.15) is 0 Å². The molecule has 0 fully saturated rings. The number of benzene rings is 1. The van der Waals surface area contributed by atoms with Crippen LogP contribution in [0.2, 0.25) is 0 Å². The number of hydrogen-bond donors (Lipinski definition) is 0. The Bertz CT molecular complexity index is 582. The zero-order valence-electron chi connectivity index (χ0n) is 13.8. The molecule has 0 heterocycles. The molecule has 0 aromatic heterocycles. The molecule has 0 aliphatic heterocycles. The van der Waals surface area contributed by atoms with E-state index in [0.717, 1.165) is 0 Å². The van der Waals surface area contributed by atoms with Gasteiger partial charge in [-0.15, -0.1) is 29.7 Å². The summed E-state index contributed by atoms with van der Waals surface area (Å²) in [5.41, 5.74) is 7.34. The number of fused-ring (bicyclic) bond motifs is 1. The third-order valence-electron chi connectivity index (χ3n) is 4.36. The van der Waals surface area contributed by atoms with E-state index in [4.69, 9.17) is 0 Å². The van der Waals surface area contributed by atoms with Crippen molar-refractivity contribution < 1.29 is 69.7 Å². The first kappa shape index (κ1) is 24.6. The second-order valence-electron chi connectivity index (χ2n) is 5.28. The van der Waals surface area contributed by atoms with Crippen LogP contribution in [0.1, 0.15) is 27.8 Å². The molecule has 3 aromatic carbocycles. The van der Waals surface area contributed by atoms with Gasteiger partial charge >= 0.3 is 21.7 Å². The average Bonchev–Trinajstić information content (AvgIpc) is 2.97. The minimum Gasteiger partial charge on any atom is -1.00 e. The summed E-state index contributed by atoms with van der Waals surface area (Å²) >= 11 is 0. The first-order valence-electron chi connectivity index (χ1n) is 6.82. The number of halogens is 2. The molecule has 0 spiro atoms. The van der Waals surface area contributed by atoms with Crippen LogP contribution in [0, 0.1) is 34.6 Å². The normalized spacial score (nSPS) is 8.95. The van der Waals surface area contributed by atoms with E-state index in [1.54, 1.807) is 0 Å². The topological polar surface area (TPSA) is 0 Å². The van der Waals surface area contributed by atoms with E-state index in [1.807, 2.05) is 0 Å². The largest absolute Gasteiger partial charge is 4.00 e. The van der Waals surface area contributed by atoms with Crippen molar-refractivity contribution in [2.24, 2.45) is 0 Å². The van der Waals surface area contributed by atoms with Crippen molar-refractivity contribution in [1.82, 2.24) is 0 Å². The summed E-state index contributed by atoms with van der Waals surface area (Å²) in [6, 6.07) is 14.7. The quantitative estimate of drug-likeness (QED) is 0.201. The summed E-state index contributed by atoms with van der Waals surface area (Å²) in [5.74, 6) is 0. The zero-order chi connectivity index (χ0) is 14.0. The molecule has 0 saturated heterocycles. The molecule has 0 saturated carbocycles. The van der Waals surface area contributed by atoms with Gasteiger partial charge in [0.05, 0.1) is 0 Å². The van der Waals surface area contributed by atoms with Gasteiger partial charge in [0, 0.05) is 0 Å². The van der Waals surface area contributed by atoms with Crippen molar-refractivity contribution in [1.29, 1.82) is 0 Å². The average molecular weight is 552 g/mol. The monoisotopic (exact) mass is 552 g/mol. The Morgan fingerprint density at radius 3 is 1.73 bits per heavy atom. The van der Waals surface area contributed by atoms with Gasteiger partial charge in [-0.25, -0.2) is 0 Å². The van der Waals surface area contributed by atoms with E-state index in [2.05, 4.69) is 77.1 Å². The molecular formula is C19H22I2Ti. The van der Waals surface area contributed by atoms with Crippen molar-refractivity contribution in [3.05, 3.63) is 70.3 Å². The maximum absolute atomic E-state index is 2.20. The van der Waals surface area contributed by atoms with Crippen LogP contribution in [0.3, 0.4) is 0 Å². The number of hydrogen-bond acceptors (Lipinski definition) is 0. The van der Waals surface area contributed by atoms with Crippen LogP contribution >= 0.6 is 0 Å². The molecule has 22 heavy (non-hydrogen) atoms. The molecular weight excluding hydrogens is 530 g/mol. The fraction of sp³-hybridized carbons (Fsp3) is 0.263. The van der Waals surface area contributed by atoms with E-state index in [1.165, 1.54) is 38.6 Å². The third kappa shape index (κ3) is 5.46. The first-order valence-corrected chi connectivity index (χ1v) is 6.82. The van der Waals surface area contributed by atoms with E-state index in [9.17, 15) is 0 Å². The fourth-order valence-corrected chi connectivity index (χ4v) is 2.48. The van der Waals surface area contributed by atoms with Gasteiger partial charge in [-0.3, -0.25) is 0 Å². The molecule has 3 rings (SSSR count). The summed E-state index contributed by atoms with van der Waals surface area (Å²) in [7, 11) is 0. The summed E-state index contributed by atoms with van der Waals surface area (Å²) in [5, 5.41) is 2.66. The van der Waals surface area contributed by atoms with E-state index in [0.29, 0.717) is 0 Å². The molecule has 0 atom stereocenters. The molecule has 0 N–H and O–H groups in total. The standard InChI is InChI=1S/C10H15.C9H7.2HI.Ti/c1-6-7(2)9(4)10(5)8(6)3;1-2-5-9-7-3-6-8(9)4-1;;;/h1-5H3;1-7H;2*1H;/q2*-1;;;+4/p-2. The predicted octanol–water partition coefficient (Wildman–Crippen LogP) is -0.488. The molecule has 0 aliphatic rings. The summed E-state index contributed by atoms with van der Waals surface area (Å²) in [6.45, 7) is 11.0. The minimum atomic E-state index is 0. The van der Waals surface area contributed by atoms with E-state index in [-0.39, 0.29) is 69.7 Å². The van der Waals surface area contributed by atoms with Gasteiger partial charge in [-0.2, -0.15) is 45.3 Å². The van der Waals surface area contributed by atoms with Crippen LogP contribution in [-0.4, -0.2) is 0 Å². The van der Waals surface area contributed by atoms with E-state index >= 15 is 0 Å². The Morgan fingerprint density at radius 1 is 0.818 bits per heavy atom. The second kappa shape index (κ2) is 11.0. The maximum atomic E-state index is 2.20. The Labute approximate surface area is 183 Å². The Hall–Kier alpha value is 0.354. The van der Waals surface area contributed by atoms with Gasteiger partial charge in [-0.05, 0) is 0 Å². The fourth-order valence-electron chi connectivity index (χ4n) is 2.48. The van der Waals surface area contributed by atoms with Crippen LogP contribution in [0.15, 0.2) is 42.5 Å². The molecule has 116 valence electrons. The van der Waals surface area contributed by atoms with Crippen molar-refractivity contribution in [3.8, 4) is 0 Å². The molecule has 0 amide bonds. The van der Waals surface area contributed by atoms with Crippen molar-refractivity contribution in [3.63, 3.8) is 0 Å². The van der Waals surface area contributed by atoms with Crippen LogP contribution in [-0.2, 0) is 21.7 Å². The Kier molecular flexibility index (Phi) is 12.3. The third-order valence-corrected chi connectivity index (χ3v) is 4.36. The second-order valence-corrected chi connectivity index (χ2v) is 5.28. The van der Waals surface area contributed by atoms with Crippen molar-refractivity contribution >= 4 is 10.8 Å². The number of rotatable bonds is 0. The van der Waals surface area contributed by atoms with Gasteiger partial charge in [0.15, 0.2) is 0 Å². The SMILES string of the molecule is Cc1c(C)c(C)[c-](C)c1C.[I-].[I-].[Ti+4].c1ccc2[cH-]ccc2c1.